The van der Waals surface area contributed by atoms with E-state index >= 15 is 0 Å². The highest BCUT2D eigenvalue weighted by molar-refractivity contribution is 6.32. The number of carboxylic acid groups (broad SMARTS) is 2. The van der Waals surface area contributed by atoms with Crippen LogP contribution in [0.2, 0.25) is 5.02 Å². The summed E-state index contributed by atoms with van der Waals surface area (Å²) in [5.74, 6) is -5.67. The molecule has 0 heterocycles. The molecule has 9 heteroatoms. The molecule has 2 N–H and O–H groups in total. The van der Waals surface area contributed by atoms with Gasteiger partial charge >= 0.3 is 18.3 Å². The fourth-order valence-electron chi connectivity index (χ4n) is 1.39. The molecule has 1 aromatic carbocycles. The van der Waals surface area contributed by atoms with Crippen LogP contribution in [0.5, 0.6) is 5.75 Å². The van der Waals surface area contributed by atoms with Crippen molar-refractivity contribution in [1.29, 1.82) is 0 Å². The predicted octanol–water partition coefficient (Wildman–Crippen LogP) is 2.57. The Hall–Kier alpha value is -1.96. The van der Waals surface area contributed by atoms with E-state index < -0.39 is 36.4 Å². The third kappa shape index (κ3) is 4.61. The molecule has 0 saturated carbocycles. The number of ether oxygens (including phenoxy) is 1. The van der Waals surface area contributed by atoms with Crippen molar-refractivity contribution in [1.82, 2.24) is 0 Å². The first-order valence-corrected chi connectivity index (χ1v) is 5.47. The molecule has 1 rings (SSSR count). The zero-order valence-corrected chi connectivity index (χ0v) is 10.4. The van der Waals surface area contributed by atoms with Gasteiger partial charge < -0.3 is 14.9 Å². The highest BCUT2D eigenvalue weighted by Crippen LogP contribution is 2.31. The van der Waals surface area contributed by atoms with Crippen molar-refractivity contribution in [2.24, 2.45) is 5.92 Å². The standard InChI is InChI=1S/C11H8ClF3O5/c12-7-2-1-5(3-6(9(16)17)10(18)19)4-8(7)20-11(13,14)15/h1-2,4,6H,3H2,(H,16,17)(H,18,19). The molecule has 0 amide bonds. The van der Waals surface area contributed by atoms with Crippen molar-refractivity contribution >= 4 is 23.5 Å². The first-order chi connectivity index (χ1) is 9.10. The third-order valence-corrected chi connectivity index (χ3v) is 2.57. The van der Waals surface area contributed by atoms with E-state index in [1.54, 1.807) is 0 Å². The van der Waals surface area contributed by atoms with Crippen molar-refractivity contribution in [3.8, 4) is 5.75 Å². The van der Waals surface area contributed by atoms with Crippen LogP contribution in [-0.4, -0.2) is 28.5 Å². The molecular formula is C11H8ClF3O5. The van der Waals surface area contributed by atoms with Crippen LogP contribution in [0.1, 0.15) is 5.56 Å². The lowest BCUT2D eigenvalue weighted by Crippen LogP contribution is -2.25. The van der Waals surface area contributed by atoms with Crippen molar-refractivity contribution in [3.63, 3.8) is 0 Å². The van der Waals surface area contributed by atoms with Crippen molar-refractivity contribution in [3.05, 3.63) is 28.8 Å². The molecule has 0 aliphatic heterocycles. The SMILES string of the molecule is O=C(O)C(Cc1ccc(Cl)c(OC(F)(F)F)c1)C(=O)O. The van der Waals surface area contributed by atoms with Gasteiger partial charge in [-0.25, -0.2) is 0 Å². The smallest absolute Gasteiger partial charge is 0.481 e. The van der Waals surface area contributed by atoms with E-state index in [2.05, 4.69) is 4.74 Å². The molecule has 0 aliphatic rings. The summed E-state index contributed by atoms with van der Waals surface area (Å²) in [5.41, 5.74) is 0.0449. The number of aliphatic carboxylic acids is 2. The minimum atomic E-state index is -4.96. The first-order valence-electron chi connectivity index (χ1n) is 5.10. The minimum Gasteiger partial charge on any atom is -0.481 e. The second-order valence-corrected chi connectivity index (χ2v) is 4.15. The van der Waals surface area contributed by atoms with Gasteiger partial charge in [0.25, 0.3) is 0 Å². The number of carboxylic acids is 2. The van der Waals surface area contributed by atoms with Crippen LogP contribution in [0, 0.1) is 5.92 Å². The van der Waals surface area contributed by atoms with Crippen LogP contribution in [0.3, 0.4) is 0 Å². The van der Waals surface area contributed by atoms with Crippen LogP contribution in [-0.2, 0) is 16.0 Å². The lowest BCUT2D eigenvalue weighted by molar-refractivity contribution is -0.274. The molecule has 0 aliphatic carbocycles. The van der Waals surface area contributed by atoms with E-state index in [-0.39, 0.29) is 10.6 Å². The molecule has 0 unspecified atom stereocenters. The van der Waals surface area contributed by atoms with E-state index in [1.165, 1.54) is 6.07 Å². The minimum absolute atomic E-state index is 0.0449. The summed E-state index contributed by atoms with van der Waals surface area (Å²) >= 11 is 5.51. The van der Waals surface area contributed by atoms with Gasteiger partial charge in [-0.1, -0.05) is 17.7 Å². The molecule has 20 heavy (non-hydrogen) atoms. The fourth-order valence-corrected chi connectivity index (χ4v) is 1.55. The van der Waals surface area contributed by atoms with Gasteiger partial charge in [-0.2, -0.15) is 0 Å². The Morgan fingerprint density at radius 1 is 1.25 bits per heavy atom. The first kappa shape index (κ1) is 16.1. The molecule has 0 atom stereocenters. The monoisotopic (exact) mass is 312 g/mol. The van der Waals surface area contributed by atoms with Gasteiger partial charge in [0.2, 0.25) is 0 Å². The summed E-state index contributed by atoms with van der Waals surface area (Å²) in [5, 5.41) is 17.1. The molecule has 5 nitrogen and oxygen atoms in total. The fraction of sp³-hybridized carbons (Fsp3) is 0.273. The average molecular weight is 313 g/mol. The van der Waals surface area contributed by atoms with Crippen LogP contribution in [0.4, 0.5) is 13.2 Å². The highest BCUT2D eigenvalue weighted by atomic mass is 35.5. The Kier molecular flexibility index (Phi) is 4.83. The van der Waals surface area contributed by atoms with Gasteiger partial charge in [0, 0.05) is 0 Å². The number of hydrogen-bond donors (Lipinski definition) is 2. The third-order valence-electron chi connectivity index (χ3n) is 2.26. The maximum absolute atomic E-state index is 12.1. The molecule has 0 bridgehead atoms. The number of halogens is 4. The molecule has 110 valence electrons. The van der Waals surface area contributed by atoms with Gasteiger partial charge in [-0.05, 0) is 24.1 Å². The highest BCUT2D eigenvalue weighted by Gasteiger charge is 2.32. The summed E-state index contributed by atoms with van der Waals surface area (Å²) in [6.45, 7) is 0. The number of rotatable bonds is 5. The Labute approximate surface area is 115 Å². The Bertz CT molecular complexity index is 515. The average Bonchev–Trinajstić information content (AvgIpc) is 2.27. The summed E-state index contributed by atoms with van der Waals surface area (Å²) < 4.78 is 40.0. The number of carbonyl (C=O) groups is 2. The predicted molar refractivity (Wildman–Crippen MR) is 60.6 cm³/mol. The summed E-state index contributed by atoms with van der Waals surface area (Å²) in [6.07, 6.45) is -5.45. The second kappa shape index (κ2) is 6.00. The zero-order valence-electron chi connectivity index (χ0n) is 9.65. The molecule has 0 saturated heterocycles. The van der Waals surface area contributed by atoms with E-state index in [0.29, 0.717) is 0 Å². The largest absolute Gasteiger partial charge is 0.573 e. The summed E-state index contributed by atoms with van der Waals surface area (Å²) in [4.78, 5) is 21.4. The number of alkyl halides is 3. The van der Waals surface area contributed by atoms with E-state index in [9.17, 15) is 22.8 Å². The van der Waals surface area contributed by atoms with Crippen LogP contribution in [0.15, 0.2) is 18.2 Å². The second-order valence-electron chi connectivity index (χ2n) is 3.75. The molecule has 0 radical (unpaired) electrons. The maximum atomic E-state index is 12.1. The normalized spacial score (nSPS) is 11.4. The lowest BCUT2D eigenvalue weighted by atomic mass is 9.99. The van der Waals surface area contributed by atoms with Gasteiger partial charge in [-0.3, -0.25) is 9.59 Å². The molecule has 0 aromatic heterocycles. The van der Waals surface area contributed by atoms with Crippen molar-refractivity contribution < 1.29 is 37.7 Å². The maximum Gasteiger partial charge on any atom is 0.573 e. The van der Waals surface area contributed by atoms with Gasteiger partial charge in [0.1, 0.15) is 5.75 Å². The van der Waals surface area contributed by atoms with E-state index in [1.807, 2.05) is 0 Å². The van der Waals surface area contributed by atoms with Gasteiger partial charge in [0.15, 0.2) is 5.92 Å². The van der Waals surface area contributed by atoms with Crippen molar-refractivity contribution in [2.45, 2.75) is 12.8 Å². The van der Waals surface area contributed by atoms with Crippen LogP contribution < -0.4 is 4.74 Å². The Morgan fingerprint density at radius 3 is 2.25 bits per heavy atom. The van der Waals surface area contributed by atoms with Crippen molar-refractivity contribution in [2.75, 3.05) is 0 Å². The summed E-state index contributed by atoms with van der Waals surface area (Å²) in [7, 11) is 0. The van der Waals surface area contributed by atoms with Gasteiger partial charge in [0.05, 0.1) is 5.02 Å². The molecular weight excluding hydrogens is 305 g/mol. The van der Waals surface area contributed by atoms with Crippen LogP contribution in [0.25, 0.3) is 0 Å². The molecule has 1 aromatic rings. The topological polar surface area (TPSA) is 83.8 Å². The Morgan fingerprint density at radius 2 is 1.80 bits per heavy atom. The number of benzene rings is 1. The zero-order chi connectivity index (χ0) is 15.5. The van der Waals surface area contributed by atoms with Crippen LogP contribution >= 0.6 is 11.6 Å². The molecule has 0 fully saturated rings. The van der Waals surface area contributed by atoms with E-state index in [0.717, 1.165) is 12.1 Å². The Balaban J connectivity index is 3.00. The summed E-state index contributed by atoms with van der Waals surface area (Å²) in [6, 6.07) is 3.15. The van der Waals surface area contributed by atoms with E-state index in [4.69, 9.17) is 21.8 Å². The number of hydrogen-bond acceptors (Lipinski definition) is 3. The van der Waals surface area contributed by atoms with Gasteiger partial charge in [-0.15, -0.1) is 13.2 Å². The molecule has 0 spiro atoms. The lowest BCUT2D eigenvalue weighted by Gasteiger charge is -2.13. The quantitative estimate of drug-likeness (QED) is 0.816.